The highest BCUT2D eigenvalue weighted by atomic mass is 16.4. The summed E-state index contributed by atoms with van der Waals surface area (Å²) in [6.45, 7) is 6.55. The summed E-state index contributed by atoms with van der Waals surface area (Å²) in [4.78, 5) is 2.20. The summed E-state index contributed by atoms with van der Waals surface area (Å²) in [6.07, 6.45) is 0. The van der Waals surface area contributed by atoms with Crippen LogP contribution in [0.4, 0.5) is 17.1 Å². The molecular formula is C34H30BNO2. The number of hydrogen-bond donors (Lipinski definition) is 2. The Morgan fingerprint density at radius 2 is 1.21 bits per heavy atom. The summed E-state index contributed by atoms with van der Waals surface area (Å²) in [7, 11) is -1.54. The molecule has 0 heterocycles. The van der Waals surface area contributed by atoms with E-state index in [9.17, 15) is 10.0 Å². The van der Waals surface area contributed by atoms with Crippen molar-refractivity contribution in [2.45, 2.75) is 26.2 Å². The predicted molar refractivity (Wildman–Crippen MR) is 159 cm³/mol. The monoisotopic (exact) mass is 495 g/mol. The molecule has 0 unspecified atom stereocenters. The lowest BCUT2D eigenvalue weighted by Crippen LogP contribution is -2.30. The third-order valence-electron chi connectivity index (χ3n) is 7.70. The Hall–Kier alpha value is -4.12. The van der Waals surface area contributed by atoms with Crippen LogP contribution in [0.1, 0.15) is 30.5 Å². The molecule has 4 heteroatoms. The number of benzene rings is 5. The highest BCUT2D eigenvalue weighted by Crippen LogP contribution is 2.50. The van der Waals surface area contributed by atoms with Crippen LogP contribution in [0.15, 0.2) is 115 Å². The van der Waals surface area contributed by atoms with Crippen LogP contribution in [0.5, 0.6) is 0 Å². The molecular weight excluding hydrogens is 465 g/mol. The number of anilines is 3. The van der Waals surface area contributed by atoms with Crippen molar-refractivity contribution in [1.29, 1.82) is 0 Å². The molecule has 6 rings (SSSR count). The Morgan fingerprint density at radius 3 is 1.95 bits per heavy atom. The molecule has 0 radical (unpaired) electrons. The zero-order chi connectivity index (χ0) is 26.4. The van der Waals surface area contributed by atoms with Crippen LogP contribution in [0.3, 0.4) is 0 Å². The molecule has 2 N–H and O–H groups in total. The highest BCUT2D eigenvalue weighted by molar-refractivity contribution is 6.58. The van der Waals surface area contributed by atoms with Crippen LogP contribution in [0.25, 0.3) is 22.3 Å². The van der Waals surface area contributed by atoms with Crippen molar-refractivity contribution in [3.8, 4) is 22.3 Å². The number of fused-ring (bicyclic) bond motifs is 3. The van der Waals surface area contributed by atoms with Gasteiger partial charge in [0.05, 0.1) is 0 Å². The maximum Gasteiger partial charge on any atom is 0.488 e. The van der Waals surface area contributed by atoms with Crippen LogP contribution < -0.4 is 10.4 Å². The molecule has 0 amide bonds. The fourth-order valence-corrected chi connectivity index (χ4v) is 5.78. The smallest absolute Gasteiger partial charge is 0.423 e. The quantitative estimate of drug-likeness (QED) is 0.255. The van der Waals surface area contributed by atoms with Crippen molar-refractivity contribution < 1.29 is 10.0 Å². The minimum Gasteiger partial charge on any atom is -0.423 e. The number of nitrogens with zero attached hydrogens (tertiary/aromatic N) is 1. The lowest BCUT2D eigenvalue weighted by atomic mass is 9.79. The first-order valence-electron chi connectivity index (χ1n) is 13.0. The minimum absolute atomic E-state index is 0.121. The Labute approximate surface area is 224 Å². The Kier molecular flexibility index (Phi) is 5.95. The summed E-state index contributed by atoms with van der Waals surface area (Å²) >= 11 is 0. The average Bonchev–Trinajstić information content (AvgIpc) is 3.16. The molecule has 3 nitrogen and oxygen atoms in total. The molecule has 0 aromatic heterocycles. The van der Waals surface area contributed by atoms with E-state index in [-0.39, 0.29) is 5.41 Å². The topological polar surface area (TPSA) is 43.7 Å². The van der Waals surface area contributed by atoms with Crippen molar-refractivity contribution in [3.63, 3.8) is 0 Å². The molecule has 5 aromatic carbocycles. The summed E-state index contributed by atoms with van der Waals surface area (Å²) in [5.74, 6) is 0. The van der Waals surface area contributed by atoms with Gasteiger partial charge in [0.1, 0.15) is 0 Å². The Morgan fingerprint density at radius 1 is 0.579 bits per heavy atom. The molecule has 0 spiro atoms. The van der Waals surface area contributed by atoms with Crippen LogP contribution in [0, 0.1) is 6.92 Å². The van der Waals surface area contributed by atoms with Gasteiger partial charge in [-0.15, -0.1) is 0 Å². The van der Waals surface area contributed by atoms with Gasteiger partial charge >= 0.3 is 7.12 Å². The SMILES string of the molecule is Cc1cc(B(O)O)cc(N(c2ccc(-c3ccccc3)cc2)c2ccc3c(c2)C(C)(C)c2ccccc2-3)c1. The summed E-state index contributed by atoms with van der Waals surface area (Å²) in [6, 6.07) is 40.0. The molecule has 0 bridgehead atoms. The molecule has 0 saturated carbocycles. The lowest BCUT2D eigenvalue weighted by Gasteiger charge is -2.29. The van der Waals surface area contributed by atoms with Crippen molar-refractivity contribution in [3.05, 3.63) is 132 Å². The van der Waals surface area contributed by atoms with Crippen LogP contribution in [0.2, 0.25) is 0 Å². The number of aryl methyl sites for hydroxylation is 1. The van der Waals surface area contributed by atoms with Crippen molar-refractivity contribution in [2.24, 2.45) is 0 Å². The van der Waals surface area contributed by atoms with E-state index < -0.39 is 7.12 Å². The predicted octanol–water partition coefficient (Wildman–Crippen LogP) is 7.12. The molecule has 5 aromatic rings. The second kappa shape index (κ2) is 9.32. The standard InChI is InChI=1S/C34H30BNO2/c1-23-19-26(35(37)38)21-29(20-23)36(27-15-13-25(14-16-27)24-9-5-4-6-10-24)28-17-18-31-30-11-7-8-12-32(30)34(2,3)33(31)22-28/h4-22,37-38H,1-3H3. The Balaban J connectivity index is 1.51. The van der Waals surface area contributed by atoms with E-state index >= 15 is 0 Å². The van der Waals surface area contributed by atoms with Gasteiger partial charge in [0.25, 0.3) is 0 Å². The van der Waals surface area contributed by atoms with Gasteiger partial charge in [0.2, 0.25) is 0 Å². The zero-order valence-electron chi connectivity index (χ0n) is 21.9. The van der Waals surface area contributed by atoms with Crippen LogP contribution in [-0.2, 0) is 5.41 Å². The van der Waals surface area contributed by atoms with E-state index in [0.717, 1.165) is 28.2 Å². The molecule has 0 saturated heterocycles. The van der Waals surface area contributed by atoms with E-state index in [2.05, 4.69) is 104 Å². The largest absolute Gasteiger partial charge is 0.488 e. The molecule has 0 fully saturated rings. The van der Waals surface area contributed by atoms with E-state index in [1.165, 1.54) is 27.8 Å². The third-order valence-corrected chi connectivity index (χ3v) is 7.70. The van der Waals surface area contributed by atoms with Gasteiger partial charge in [-0.2, -0.15) is 0 Å². The normalized spacial score (nSPS) is 13.1. The van der Waals surface area contributed by atoms with Gasteiger partial charge < -0.3 is 14.9 Å². The second-order valence-electron chi connectivity index (χ2n) is 10.6. The van der Waals surface area contributed by atoms with Gasteiger partial charge in [0.15, 0.2) is 0 Å². The first-order valence-corrected chi connectivity index (χ1v) is 13.0. The van der Waals surface area contributed by atoms with Gasteiger partial charge in [0, 0.05) is 22.5 Å². The van der Waals surface area contributed by atoms with Gasteiger partial charge in [-0.3, -0.25) is 0 Å². The van der Waals surface area contributed by atoms with Crippen molar-refractivity contribution >= 4 is 29.6 Å². The van der Waals surface area contributed by atoms with Crippen molar-refractivity contribution in [2.75, 3.05) is 4.90 Å². The van der Waals surface area contributed by atoms with E-state index in [0.29, 0.717) is 5.46 Å². The lowest BCUT2D eigenvalue weighted by molar-refractivity contribution is 0.425. The summed E-state index contributed by atoms with van der Waals surface area (Å²) in [5, 5.41) is 20.0. The first-order chi connectivity index (χ1) is 18.3. The fraction of sp³-hybridized carbons (Fsp3) is 0.118. The highest BCUT2D eigenvalue weighted by Gasteiger charge is 2.35. The van der Waals surface area contributed by atoms with E-state index in [1.807, 2.05) is 37.3 Å². The molecule has 0 aliphatic heterocycles. The first kappa shape index (κ1) is 24.2. The third kappa shape index (κ3) is 4.12. The summed E-state index contributed by atoms with van der Waals surface area (Å²) in [5.41, 5.74) is 11.7. The van der Waals surface area contributed by atoms with E-state index in [1.54, 1.807) is 0 Å². The molecule has 1 aliphatic rings. The van der Waals surface area contributed by atoms with Crippen LogP contribution in [-0.4, -0.2) is 17.2 Å². The van der Waals surface area contributed by atoms with Crippen LogP contribution >= 0.6 is 0 Å². The van der Waals surface area contributed by atoms with Gasteiger partial charge in [-0.1, -0.05) is 92.7 Å². The number of rotatable bonds is 5. The number of hydrogen-bond acceptors (Lipinski definition) is 3. The Bertz CT molecular complexity index is 1630. The molecule has 1 aliphatic carbocycles. The van der Waals surface area contributed by atoms with E-state index in [4.69, 9.17) is 0 Å². The minimum atomic E-state index is -1.54. The molecule has 38 heavy (non-hydrogen) atoms. The van der Waals surface area contributed by atoms with Crippen molar-refractivity contribution in [1.82, 2.24) is 0 Å². The second-order valence-corrected chi connectivity index (χ2v) is 10.6. The fourth-order valence-electron chi connectivity index (χ4n) is 5.78. The van der Waals surface area contributed by atoms with Gasteiger partial charge in [-0.25, -0.2) is 0 Å². The maximum absolute atomic E-state index is 9.99. The maximum atomic E-state index is 9.99. The average molecular weight is 495 g/mol. The summed E-state index contributed by atoms with van der Waals surface area (Å²) < 4.78 is 0. The molecule has 0 atom stereocenters. The molecule has 186 valence electrons. The zero-order valence-corrected chi connectivity index (χ0v) is 21.9. The van der Waals surface area contributed by atoms with Gasteiger partial charge in [-0.05, 0) is 87.7 Å².